The number of hydrogen-bond donors (Lipinski definition) is 1. The zero-order chi connectivity index (χ0) is 18.2. The van der Waals surface area contributed by atoms with E-state index in [4.69, 9.17) is 4.74 Å². The standard InChI is InChI=1S/C24H32O2/c1-2-3-5-8-20-15-17-24(25,18-16-20)22-11-13-23(14-12-22)26-19-21-9-6-4-7-10-21/h4,6-7,9-14,20,25H,2-3,5,8,15-19H2,1H3. The molecule has 0 bridgehead atoms. The average Bonchev–Trinajstić information content (AvgIpc) is 2.69. The monoisotopic (exact) mass is 352 g/mol. The third-order valence-corrected chi connectivity index (χ3v) is 5.79. The van der Waals surface area contributed by atoms with Gasteiger partial charge in [-0.05, 0) is 54.9 Å². The number of aliphatic hydroxyl groups is 1. The van der Waals surface area contributed by atoms with Crippen molar-refractivity contribution in [3.8, 4) is 5.75 Å². The highest BCUT2D eigenvalue weighted by Gasteiger charge is 2.34. The molecule has 0 spiro atoms. The molecule has 2 nitrogen and oxygen atoms in total. The van der Waals surface area contributed by atoms with Crippen LogP contribution in [-0.4, -0.2) is 5.11 Å². The van der Waals surface area contributed by atoms with E-state index in [2.05, 4.69) is 19.1 Å². The number of ether oxygens (including phenoxy) is 1. The minimum atomic E-state index is -0.654. The fourth-order valence-electron chi connectivity index (χ4n) is 4.02. The normalized spacial score (nSPS) is 22.9. The molecule has 2 aromatic carbocycles. The third kappa shape index (κ3) is 5.11. The van der Waals surface area contributed by atoms with E-state index >= 15 is 0 Å². The molecular formula is C24H32O2. The second-order valence-corrected chi connectivity index (χ2v) is 7.77. The van der Waals surface area contributed by atoms with E-state index in [-0.39, 0.29) is 0 Å². The molecular weight excluding hydrogens is 320 g/mol. The first kappa shape index (κ1) is 19.0. The zero-order valence-corrected chi connectivity index (χ0v) is 16.0. The van der Waals surface area contributed by atoms with E-state index < -0.39 is 5.60 Å². The SMILES string of the molecule is CCCCCC1CCC(O)(c2ccc(OCc3ccccc3)cc2)CC1. The molecule has 0 unspecified atom stereocenters. The predicted octanol–water partition coefficient (Wildman–Crippen LogP) is 6.22. The molecule has 140 valence electrons. The van der Waals surface area contributed by atoms with Crippen molar-refractivity contribution in [2.75, 3.05) is 0 Å². The lowest BCUT2D eigenvalue weighted by molar-refractivity contribution is -0.0154. The maximum Gasteiger partial charge on any atom is 0.119 e. The molecule has 0 aromatic heterocycles. The molecule has 0 atom stereocenters. The average molecular weight is 353 g/mol. The summed E-state index contributed by atoms with van der Waals surface area (Å²) in [5, 5.41) is 11.1. The van der Waals surface area contributed by atoms with Crippen molar-refractivity contribution in [1.29, 1.82) is 0 Å². The number of hydrogen-bond acceptors (Lipinski definition) is 2. The number of benzene rings is 2. The quantitative estimate of drug-likeness (QED) is 0.571. The molecule has 0 amide bonds. The van der Waals surface area contributed by atoms with E-state index in [0.29, 0.717) is 6.61 Å². The second-order valence-electron chi connectivity index (χ2n) is 7.77. The maximum absolute atomic E-state index is 11.1. The van der Waals surface area contributed by atoms with Crippen LogP contribution in [0, 0.1) is 5.92 Å². The van der Waals surface area contributed by atoms with Crippen molar-refractivity contribution in [2.24, 2.45) is 5.92 Å². The van der Waals surface area contributed by atoms with E-state index in [0.717, 1.165) is 48.5 Å². The van der Waals surface area contributed by atoms with Gasteiger partial charge in [0.2, 0.25) is 0 Å². The Morgan fingerprint density at radius 2 is 1.65 bits per heavy atom. The Hall–Kier alpha value is -1.80. The van der Waals surface area contributed by atoms with Gasteiger partial charge in [0.05, 0.1) is 5.60 Å². The summed E-state index contributed by atoms with van der Waals surface area (Å²) in [7, 11) is 0. The van der Waals surface area contributed by atoms with E-state index in [1.165, 1.54) is 25.7 Å². The van der Waals surface area contributed by atoms with Gasteiger partial charge in [0.1, 0.15) is 12.4 Å². The van der Waals surface area contributed by atoms with Crippen LogP contribution in [0.15, 0.2) is 54.6 Å². The minimum absolute atomic E-state index is 0.573. The lowest BCUT2D eigenvalue weighted by atomic mass is 9.74. The fourth-order valence-corrected chi connectivity index (χ4v) is 4.02. The van der Waals surface area contributed by atoms with E-state index in [9.17, 15) is 5.11 Å². The summed E-state index contributed by atoms with van der Waals surface area (Å²) in [5.41, 5.74) is 1.55. The van der Waals surface area contributed by atoms with Gasteiger partial charge < -0.3 is 9.84 Å². The lowest BCUT2D eigenvalue weighted by Crippen LogP contribution is -2.31. The Morgan fingerprint density at radius 3 is 2.31 bits per heavy atom. The summed E-state index contributed by atoms with van der Waals surface area (Å²) in [6.07, 6.45) is 9.35. The van der Waals surface area contributed by atoms with Crippen molar-refractivity contribution < 1.29 is 9.84 Å². The fraction of sp³-hybridized carbons (Fsp3) is 0.500. The highest BCUT2D eigenvalue weighted by atomic mass is 16.5. The van der Waals surface area contributed by atoms with Gasteiger partial charge in [0, 0.05) is 0 Å². The van der Waals surface area contributed by atoms with Gasteiger partial charge in [-0.15, -0.1) is 0 Å². The van der Waals surface area contributed by atoms with Crippen molar-refractivity contribution in [1.82, 2.24) is 0 Å². The molecule has 1 aliphatic rings. The van der Waals surface area contributed by atoms with Crippen molar-refractivity contribution in [3.63, 3.8) is 0 Å². The van der Waals surface area contributed by atoms with Gasteiger partial charge in [-0.2, -0.15) is 0 Å². The Labute approximate surface area is 158 Å². The van der Waals surface area contributed by atoms with Crippen LogP contribution in [0.1, 0.15) is 69.4 Å². The van der Waals surface area contributed by atoms with Crippen LogP contribution in [0.3, 0.4) is 0 Å². The van der Waals surface area contributed by atoms with Crippen LogP contribution < -0.4 is 4.74 Å². The Kier molecular flexibility index (Phi) is 6.73. The van der Waals surface area contributed by atoms with E-state index in [1.54, 1.807) is 0 Å². The van der Waals surface area contributed by atoms with Crippen LogP contribution in [-0.2, 0) is 12.2 Å². The van der Waals surface area contributed by atoms with Crippen LogP contribution >= 0.6 is 0 Å². The molecule has 2 heteroatoms. The summed E-state index contributed by atoms with van der Waals surface area (Å²) in [4.78, 5) is 0. The summed E-state index contributed by atoms with van der Waals surface area (Å²) in [6, 6.07) is 18.2. The van der Waals surface area contributed by atoms with Gasteiger partial charge in [-0.1, -0.05) is 75.1 Å². The van der Waals surface area contributed by atoms with E-state index in [1.807, 2.05) is 42.5 Å². The smallest absolute Gasteiger partial charge is 0.119 e. The lowest BCUT2D eigenvalue weighted by Gasteiger charge is -2.36. The molecule has 2 aromatic rings. The first-order chi connectivity index (χ1) is 12.7. The van der Waals surface area contributed by atoms with Crippen LogP contribution in [0.2, 0.25) is 0 Å². The first-order valence-corrected chi connectivity index (χ1v) is 10.2. The molecule has 1 N–H and O–H groups in total. The van der Waals surface area contributed by atoms with Crippen molar-refractivity contribution in [3.05, 3.63) is 65.7 Å². The minimum Gasteiger partial charge on any atom is -0.489 e. The molecule has 1 aliphatic carbocycles. The van der Waals surface area contributed by atoms with Gasteiger partial charge in [0.15, 0.2) is 0 Å². The highest BCUT2D eigenvalue weighted by Crippen LogP contribution is 2.41. The topological polar surface area (TPSA) is 29.5 Å². The van der Waals surface area contributed by atoms with Gasteiger partial charge in [0.25, 0.3) is 0 Å². The maximum atomic E-state index is 11.1. The molecule has 1 fully saturated rings. The Balaban J connectivity index is 1.51. The van der Waals surface area contributed by atoms with Crippen LogP contribution in [0.5, 0.6) is 5.75 Å². The zero-order valence-electron chi connectivity index (χ0n) is 16.0. The molecule has 0 radical (unpaired) electrons. The molecule has 0 heterocycles. The molecule has 1 saturated carbocycles. The van der Waals surface area contributed by atoms with Gasteiger partial charge in [-0.3, -0.25) is 0 Å². The molecule has 0 saturated heterocycles. The van der Waals surface area contributed by atoms with Gasteiger partial charge >= 0.3 is 0 Å². The molecule has 3 rings (SSSR count). The largest absolute Gasteiger partial charge is 0.489 e. The number of rotatable bonds is 8. The predicted molar refractivity (Wildman–Crippen MR) is 107 cm³/mol. The summed E-state index contributed by atoms with van der Waals surface area (Å²) >= 11 is 0. The molecule has 26 heavy (non-hydrogen) atoms. The van der Waals surface area contributed by atoms with Crippen LogP contribution in [0.4, 0.5) is 0 Å². The second kappa shape index (κ2) is 9.23. The highest BCUT2D eigenvalue weighted by molar-refractivity contribution is 5.31. The summed E-state index contributed by atoms with van der Waals surface area (Å²) < 4.78 is 5.86. The Morgan fingerprint density at radius 1 is 0.962 bits per heavy atom. The first-order valence-electron chi connectivity index (χ1n) is 10.2. The summed E-state index contributed by atoms with van der Waals surface area (Å²) in [6.45, 7) is 2.83. The van der Waals surface area contributed by atoms with Crippen LogP contribution in [0.25, 0.3) is 0 Å². The Bertz CT molecular complexity index is 640. The molecule has 0 aliphatic heterocycles. The third-order valence-electron chi connectivity index (χ3n) is 5.79. The van der Waals surface area contributed by atoms with Gasteiger partial charge in [-0.25, -0.2) is 0 Å². The summed E-state index contributed by atoms with van der Waals surface area (Å²) in [5.74, 6) is 1.66. The van der Waals surface area contributed by atoms with Crippen molar-refractivity contribution in [2.45, 2.75) is 70.5 Å². The van der Waals surface area contributed by atoms with Crippen molar-refractivity contribution >= 4 is 0 Å². The number of unbranched alkanes of at least 4 members (excludes halogenated alkanes) is 2.